The first-order valence-corrected chi connectivity index (χ1v) is 6.41. The Bertz CT molecular complexity index is 646. The molecule has 0 unspecified atom stereocenters. The summed E-state index contributed by atoms with van der Waals surface area (Å²) in [7, 11) is 0. The van der Waals surface area contributed by atoms with Gasteiger partial charge < -0.3 is 15.6 Å². The molecule has 0 aromatic heterocycles. The zero-order chi connectivity index (χ0) is 14.0. The molecule has 0 atom stereocenters. The molecular weight excluding hydrogens is 334 g/mol. The van der Waals surface area contributed by atoms with E-state index in [4.69, 9.17) is 27.2 Å². The van der Waals surface area contributed by atoms with Crippen molar-refractivity contribution in [3.63, 3.8) is 0 Å². The molecule has 3 N–H and O–H groups in total. The van der Waals surface area contributed by atoms with Gasteiger partial charge in [0.25, 0.3) is 0 Å². The Hall–Kier alpha value is -1.72. The maximum absolute atomic E-state index is 11.2. The number of nitrogens with two attached hydrogens (primary N) is 1. The van der Waals surface area contributed by atoms with Gasteiger partial charge in [-0.3, -0.25) is 0 Å². The lowest BCUT2D eigenvalue weighted by molar-refractivity contribution is 0.0694. The van der Waals surface area contributed by atoms with E-state index in [2.05, 4.69) is 15.9 Å². The molecule has 19 heavy (non-hydrogen) atoms. The number of carbonyl (C=O) groups is 1. The van der Waals surface area contributed by atoms with Crippen molar-refractivity contribution in [2.24, 2.45) is 0 Å². The molecule has 0 saturated carbocycles. The maximum Gasteiger partial charge on any atom is 0.339 e. The third kappa shape index (κ3) is 3.00. The van der Waals surface area contributed by atoms with Crippen LogP contribution in [0.5, 0.6) is 11.5 Å². The largest absolute Gasteiger partial charge is 0.478 e. The first kappa shape index (κ1) is 13.7. The summed E-state index contributed by atoms with van der Waals surface area (Å²) in [5.74, 6) is -0.622. The monoisotopic (exact) mass is 341 g/mol. The minimum Gasteiger partial charge on any atom is -0.478 e. The van der Waals surface area contributed by atoms with Gasteiger partial charge in [0.15, 0.2) is 5.75 Å². The summed E-state index contributed by atoms with van der Waals surface area (Å²) in [6, 6.07) is 9.81. The van der Waals surface area contributed by atoms with E-state index in [1.165, 1.54) is 12.1 Å². The summed E-state index contributed by atoms with van der Waals surface area (Å²) >= 11 is 9.31. The molecule has 0 heterocycles. The van der Waals surface area contributed by atoms with Crippen molar-refractivity contribution in [3.05, 3.63) is 51.5 Å². The number of carboxylic acid groups (broad SMARTS) is 1. The predicted octanol–water partition coefficient (Wildman–Crippen LogP) is 4.18. The highest BCUT2D eigenvalue weighted by molar-refractivity contribution is 9.10. The fourth-order valence-electron chi connectivity index (χ4n) is 1.51. The molecule has 0 bridgehead atoms. The molecule has 0 saturated heterocycles. The fourth-order valence-corrected chi connectivity index (χ4v) is 2.15. The maximum atomic E-state index is 11.2. The summed E-state index contributed by atoms with van der Waals surface area (Å²) in [5, 5.41) is 9.30. The topological polar surface area (TPSA) is 72.5 Å². The number of carboxylic acids is 1. The molecule has 0 radical (unpaired) electrons. The van der Waals surface area contributed by atoms with Gasteiger partial charge in [0, 0.05) is 5.69 Å². The number of hydrogen-bond donors (Lipinski definition) is 2. The molecule has 0 spiro atoms. The number of hydrogen-bond acceptors (Lipinski definition) is 3. The van der Waals surface area contributed by atoms with E-state index in [0.717, 1.165) is 0 Å². The fraction of sp³-hybridized carbons (Fsp3) is 0. The Kier molecular flexibility index (Phi) is 3.97. The van der Waals surface area contributed by atoms with Gasteiger partial charge in [-0.25, -0.2) is 4.79 Å². The van der Waals surface area contributed by atoms with Crippen molar-refractivity contribution in [3.8, 4) is 11.5 Å². The highest BCUT2D eigenvalue weighted by Crippen LogP contribution is 2.37. The van der Waals surface area contributed by atoms with E-state index in [1.54, 1.807) is 18.2 Å². The lowest BCUT2D eigenvalue weighted by Gasteiger charge is -2.12. The smallest absolute Gasteiger partial charge is 0.339 e. The van der Waals surface area contributed by atoms with Crippen molar-refractivity contribution in [2.75, 3.05) is 5.73 Å². The summed E-state index contributed by atoms with van der Waals surface area (Å²) in [5.41, 5.74) is 5.76. The average molecular weight is 343 g/mol. The number of rotatable bonds is 3. The second-order valence-electron chi connectivity index (χ2n) is 3.72. The van der Waals surface area contributed by atoms with Crippen LogP contribution in [0.1, 0.15) is 10.4 Å². The zero-order valence-corrected chi connectivity index (χ0v) is 11.9. The van der Waals surface area contributed by atoms with E-state index in [0.29, 0.717) is 10.2 Å². The van der Waals surface area contributed by atoms with Crippen LogP contribution in [-0.4, -0.2) is 11.1 Å². The third-order valence-electron chi connectivity index (χ3n) is 2.35. The second kappa shape index (κ2) is 5.50. The molecule has 0 fully saturated rings. The minimum atomic E-state index is -1.16. The first-order valence-electron chi connectivity index (χ1n) is 5.23. The van der Waals surface area contributed by atoms with E-state index in [-0.39, 0.29) is 22.0 Å². The number of benzene rings is 2. The molecule has 0 aliphatic rings. The molecule has 2 aromatic carbocycles. The summed E-state index contributed by atoms with van der Waals surface area (Å²) in [6.45, 7) is 0. The normalized spacial score (nSPS) is 10.2. The number of para-hydroxylation sites is 1. The van der Waals surface area contributed by atoms with Gasteiger partial charge in [-0.2, -0.15) is 0 Å². The van der Waals surface area contributed by atoms with Gasteiger partial charge in [-0.15, -0.1) is 0 Å². The molecule has 98 valence electrons. The Labute approximate surface area is 122 Å². The highest BCUT2D eigenvalue weighted by Gasteiger charge is 2.17. The lowest BCUT2D eigenvalue weighted by Crippen LogP contribution is -2.02. The zero-order valence-electron chi connectivity index (χ0n) is 9.56. The van der Waals surface area contributed by atoms with Crippen LogP contribution >= 0.6 is 27.5 Å². The van der Waals surface area contributed by atoms with Gasteiger partial charge >= 0.3 is 5.97 Å². The molecule has 2 aromatic rings. The number of halogens is 2. The predicted molar refractivity (Wildman–Crippen MR) is 77.0 cm³/mol. The van der Waals surface area contributed by atoms with Crippen LogP contribution < -0.4 is 10.5 Å². The number of nitrogen functional groups attached to an aromatic ring is 1. The molecule has 0 aliphatic carbocycles. The molecule has 0 aliphatic heterocycles. The Morgan fingerprint density at radius 3 is 2.63 bits per heavy atom. The van der Waals surface area contributed by atoms with Gasteiger partial charge in [0.1, 0.15) is 11.3 Å². The second-order valence-corrected chi connectivity index (χ2v) is 4.98. The van der Waals surface area contributed by atoms with E-state index in [1.807, 2.05) is 6.07 Å². The van der Waals surface area contributed by atoms with Crippen molar-refractivity contribution < 1.29 is 14.6 Å². The quantitative estimate of drug-likeness (QED) is 0.821. The highest BCUT2D eigenvalue weighted by atomic mass is 79.9. The van der Waals surface area contributed by atoms with Crippen molar-refractivity contribution in [2.45, 2.75) is 0 Å². The van der Waals surface area contributed by atoms with E-state index < -0.39 is 5.97 Å². The minimum absolute atomic E-state index is 0.0651. The van der Waals surface area contributed by atoms with E-state index in [9.17, 15) is 4.79 Å². The summed E-state index contributed by atoms with van der Waals surface area (Å²) in [6.07, 6.45) is 0. The van der Waals surface area contributed by atoms with Crippen LogP contribution in [-0.2, 0) is 0 Å². The summed E-state index contributed by atoms with van der Waals surface area (Å²) in [4.78, 5) is 11.2. The molecule has 6 heteroatoms. The van der Waals surface area contributed by atoms with Crippen LogP contribution in [0.2, 0.25) is 5.02 Å². The molecule has 0 amide bonds. The summed E-state index contributed by atoms with van der Waals surface area (Å²) < 4.78 is 6.27. The van der Waals surface area contributed by atoms with Crippen LogP contribution in [0.25, 0.3) is 0 Å². The number of aromatic carboxylic acids is 1. The molecule has 2 rings (SSSR count). The molecule has 4 nitrogen and oxygen atoms in total. The van der Waals surface area contributed by atoms with Gasteiger partial charge in [0.2, 0.25) is 0 Å². The lowest BCUT2D eigenvalue weighted by atomic mass is 10.2. The van der Waals surface area contributed by atoms with Crippen LogP contribution in [0.4, 0.5) is 5.69 Å². The van der Waals surface area contributed by atoms with E-state index >= 15 is 0 Å². The number of ether oxygens (including phenoxy) is 1. The van der Waals surface area contributed by atoms with Gasteiger partial charge in [-0.05, 0) is 40.2 Å². The molecular formula is C13H9BrClNO3. The third-order valence-corrected chi connectivity index (χ3v) is 3.28. The van der Waals surface area contributed by atoms with Crippen LogP contribution in [0, 0.1) is 0 Å². The van der Waals surface area contributed by atoms with Gasteiger partial charge in [-0.1, -0.05) is 23.7 Å². The van der Waals surface area contributed by atoms with Gasteiger partial charge in [0.05, 0.1) is 9.50 Å². The van der Waals surface area contributed by atoms with Crippen molar-refractivity contribution >= 4 is 39.2 Å². The average Bonchev–Trinajstić information content (AvgIpc) is 2.34. The van der Waals surface area contributed by atoms with Crippen LogP contribution in [0.3, 0.4) is 0 Å². The Morgan fingerprint density at radius 2 is 2.00 bits per heavy atom. The first-order chi connectivity index (χ1) is 8.99. The Balaban J connectivity index is 2.51. The van der Waals surface area contributed by atoms with Crippen LogP contribution in [0.15, 0.2) is 40.9 Å². The SMILES string of the molecule is Nc1cc(Cl)c(Oc2ccccc2Br)c(C(=O)O)c1. The Morgan fingerprint density at radius 1 is 1.32 bits per heavy atom. The van der Waals surface area contributed by atoms with Crippen molar-refractivity contribution in [1.82, 2.24) is 0 Å². The number of anilines is 1. The van der Waals surface area contributed by atoms with Crippen molar-refractivity contribution in [1.29, 1.82) is 0 Å². The standard InChI is InChI=1S/C13H9BrClNO3/c14-9-3-1-2-4-11(9)19-12-8(13(17)18)5-7(16)6-10(12)15/h1-6H,16H2,(H,17,18).